The monoisotopic (exact) mass is 467 g/mol. The molecule has 0 spiro atoms. The molecule has 1 heterocycles. The summed E-state index contributed by atoms with van der Waals surface area (Å²) >= 11 is 0. The first kappa shape index (κ1) is 24.8. The fourth-order valence-corrected chi connectivity index (χ4v) is 2.66. The first-order valence-corrected chi connectivity index (χ1v) is 8.92. The van der Waals surface area contributed by atoms with Crippen molar-refractivity contribution in [3.63, 3.8) is 0 Å². The van der Waals surface area contributed by atoms with E-state index in [2.05, 4.69) is 0 Å². The number of rotatable bonds is 7. The molecule has 10 nitrogen and oxygen atoms in total. The number of urea groups is 1. The second-order valence-corrected chi connectivity index (χ2v) is 6.40. The van der Waals surface area contributed by atoms with Gasteiger partial charge in [0.15, 0.2) is 6.04 Å². The molecule has 1 aliphatic rings. The normalized spacial score (nSPS) is 15.3. The molecule has 15 heteroatoms. The molecule has 1 aromatic carbocycles. The lowest BCUT2D eigenvalue weighted by Crippen LogP contribution is -2.55. The summed E-state index contributed by atoms with van der Waals surface area (Å²) in [4.78, 5) is 48.3. The number of carbonyl (C=O) groups excluding carboxylic acids is 4. The van der Waals surface area contributed by atoms with E-state index in [-0.39, 0.29) is 25.4 Å². The predicted octanol–water partition coefficient (Wildman–Crippen LogP) is 0.425. The van der Waals surface area contributed by atoms with Crippen molar-refractivity contribution >= 4 is 35.1 Å². The van der Waals surface area contributed by atoms with Crippen LogP contribution in [0, 0.1) is 0 Å². The lowest BCUT2D eigenvalue weighted by atomic mass is 10.1. The lowest BCUT2D eigenvalue weighted by Gasteiger charge is -2.28. The van der Waals surface area contributed by atoms with Gasteiger partial charge in [-0.2, -0.15) is 13.2 Å². The minimum atomic E-state index is -4.97. The maximum atomic E-state index is 13.6. The molecule has 5 amide bonds. The third kappa shape index (κ3) is 6.50. The molecular weight excluding hydrogens is 449 g/mol. The fourth-order valence-electron chi connectivity index (χ4n) is 2.66. The van der Waals surface area contributed by atoms with E-state index in [1.807, 2.05) is 5.32 Å². The number of benzene rings is 1. The van der Waals surface area contributed by atoms with Gasteiger partial charge in [-0.1, -0.05) is 0 Å². The first-order valence-electron chi connectivity index (χ1n) is 8.92. The van der Waals surface area contributed by atoms with E-state index < -0.39 is 60.2 Å². The van der Waals surface area contributed by atoms with Gasteiger partial charge in [-0.15, -0.1) is 0 Å². The Balaban J connectivity index is 2.25. The van der Waals surface area contributed by atoms with E-state index in [1.54, 1.807) is 10.6 Å². The van der Waals surface area contributed by atoms with E-state index >= 15 is 0 Å². The standard InChI is InChI=1S/C17H18F5N5O5/c18-11(19)6-24-16(31)26-13(14(23)29)15(30)25-10-2-1-8(5-9(10)17(20,21)22)27-3-4-32-7-12(27)28/h1-2,5,11,13H,3-4,6-7H2,(H2,23,29)(H,25,30)(H2,24,26,31)/t13-/m1/s1. The number of amides is 5. The molecule has 5 N–H and O–H groups in total. The van der Waals surface area contributed by atoms with E-state index in [0.29, 0.717) is 6.07 Å². The number of halogens is 5. The summed E-state index contributed by atoms with van der Waals surface area (Å²) in [5, 5.41) is 5.19. The second-order valence-electron chi connectivity index (χ2n) is 6.40. The van der Waals surface area contributed by atoms with Gasteiger partial charge in [0.25, 0.3) is 18.2 Å². The van der Waals surface area contributed by atoms with E-state index in [4.69, 9.17) is 10.5 Å². The zero-order chi connectivity index (χ0) is 24.1. The highest BCUT2D eigenvalue weighted by atomic mass is 19.4. The van der Waals surface area contributed by atoms with Crippen LogP contribution >= 0.6 is 0 Å². The summed E-state index contributed by atoms with van der Waals surface area (Å²) < 4.78 is 69.9. The third-order valence-electron chi connectivity index (χ3n) is 4.10. The Bertz CT molecular complexity index is 895. The maximum absolute atomic E-state index is 13.6. The predicted molar refractivity (Wildman–Crippen MR) is 98.8 cm³/mol. The number of nitrogens with zero attached hydrogens (tertiary/aromatic N) is 1. The fraction of sp³-hybridized carbons (Fsp3) is 0.412. The molecule has 32 heavy (non-hydrogen) atoms. The number of hydrogen-bond acceptors (Lipinski definition) is 5. The van der Waals surface area contributed by atoms with Gasteiger partial charge in [-0.05, 0) is 18.2 Å². The number of morpholine rings is 1. The van der Waals surface area contributed by atoms with Gasteiger partial charge in [0.2, 0.25) is 5.91 Å². The Kier molecular flexibility index (Phi) is 7.91. The van der Waals surface area contributed by atoms with Gasteiger partial charge < -0.3 is 31.3 Å². The summed E-state index contributed by atoms with van der Waals surface area (Å²) in [5.41, 5.74) is 2.77. The van der Waals surface area contributed by atoms with Gasteiger partial charge in [0, 0.05) is 12.2 Å². The average molecular weight is 467 g/mol. The maximum Gasteiger partial charge on any atom is 0.418 e. The topological polar surface area (TPSA) is 143 Å². The molecule has 2 rings (SSSR count). The second kappa shape index (κ2) is 10.2. The molecule has 0 unspecified atom stereocenters. The number of nitrogens with two attached hydrogens (primary N) is 1. The van der Waals surface area contributed by atoms with Crippen LogP contribution in [0.15, 0.2) is 18.2 Å². The van der Waals surface area contributed by atoms with Crippen LogP contribution in [0.25, 0.3) is 0 Å². The summed E-state index contributed by atoms with van der Waals surface area (Å²) in [6.45, 7) is -1.27. The molecule has 0 bridgehead atoms. The summed E-state index contributed by atoms with van der Waals surface area (Å²) in [6, 6.07) is -0.902. The summed E-state index contributed by atoms with van der Waals surface area (Å²) in [7, 11) is 0. The Morgan fingerprint density at radius 1 is 1.22 bits per heavy atom. The van der Waals surface area contributed by atoms with Crippen molar-refractivity contribution in [1.29, 1.82) is 0 Å². The van der Waals surface area contributed by atoms with Crippen LogP contribution in [-0.2, 0) is 25.3 Å². The number of alkyl halides is 5. The van der Waals surface area contributed by atoms with Gasteiger partial charge in [0.1, 0.15) is 6.61 Å². The Labute approximate surface area is 177 Å². The van der Waals surface area contributed by atoms with Crippen LogP contribution in [0.1, 0.15) is 5.56 Å². The number of hydrogen-bond donors (Lipinski definition) is 4. The van der Waals surface area contributed by atoms with E-state index in [0.717, 1.165) is 17.0 Å². The molecular formula is C17H18F5N5O5. The molecule has 1 fully saturated rings. The molecule has 1 saturated heterocycles. The quantitative estimate of drug-likeness (QED) is 0.340. The van der Waals surface area contributed by atoms with Gasteiger partial charge >= 0.3 is 12.2 Å². The highest BCUT2D eigenvalue weighted by Crippen LogP contribution is 2.37. The van der Waals surface area contributed by atoms with Crippen LogP contribution in [-0.4, -0.2) is 62.5 Å². The minimum Gasteiger partial charge on any atom is -0.370 e. The van der Waals surface area contributed by atoms with E-state index in [9.17, 15) is 41.1 Å². The third-order valence-corrected chi connectivity index (χ3v) is 4.10. The molecule has 1 atom stereocenters. The van der Waals surface area contributed by atoms with Crippen molar-refractivity contribution in [3.8, 4) is 0 Å². The van der Waals surface area contributed by atoms with Crippen molar-refractivity contribution in [2.75, 3.05) is 36.5 Å². The highest BCUT2D eigenvalue weighted by molar-refractivity contribution is 6.11. The minimum absolute atomic E-state index is 0.0171. The Morgan fingerprint density at radius 3 is 2.47 bits per heavy atom. The Hall–Kier alpha value is -3.49. The van der Waals surface area contributed by atoms with Gasteiger partial charge in [0.05, 0.1) is 24.4 Å². The van der Waals surface area contributed by atoms with Crippen LogP contribution in [0.3, 0.4) is 0 Å². The number of anilines is 2. The molecule has 0 radical (unpaired) electrons. The Morgan fingerprint density at radius 2 is 1.91 bits per heavy atom. The van der Waals surface area contributed by atoms with Crippen LogP contribution in [0.5, 0.6) is 0 Å². The molecule has 0 aromatic heterocycles. The van der Waals surface area contributed by atoms with E-state index in [1.165, 1.54) is 0 Å². The molecule has 1 aromatic rings. The zero-order valence-corrected chi connectivity index (χ0v) is 16.2. The summed E-state index contributed by atoms with van der Waals surface area (Å²) in [5.74, 6) is -3.45. The van der Waals surface area contributed by atoms with Crippen LogP contribution in [0.2, 0.25) is 0 Å². The van der Waals surface area contributed by atoms with Crippen molar-refractivity contribution in [2.45, 2.75) is 18.6 Å². The van der Waals surface area contributed by atoms with Crippen molar-refractivity contribution < 1.29 is 45.9 Å². The number of nitrogens with one attached hydrogen (secondary N) is 3. The zero-order valence-electron chi connectivity index (χ0n) is 16.2. The van der Waals surface area contributed by atoms with Gasteiger partial charge in [-0.25, -0.2) is 13.6 Å². The smallest absolute Gasteiger partial charge is 0.370 e. The summed E-state index contributed by atoms with van der Waals surface area (Å²) in [6.07, 6.45) is -7.90. The molecule has 0 saturated carbocycles. The first-order chi connectivity index (χ1) is 14.9. The molecule has 1 aliphatic heterocycles. The number of carbonyl (C=O) groups is 4. The largest absolute Gasteiger partial charge is 0.418 e. The van der Waals surface area contributed by atoms with Crippen LogP contribution in [0.4, 0.5) is 38.1 Å². The van der Waals surface area contributed by atoms with Crippen molar-refractivity contribution in [3.05, 3.63) is 23.8 Å². The molecule has 0 aliphatic carbocycles. The highest BCUT2D eigenvalue weighted by Gasteiger charge is 2.36. The van der Waals surface area contributed by atoms with Gasteiger partial charge in [-0.3, -0.25) is 14.4 Å². The lowest BCUT2D eigenvalue weighted by molar-refractivity contribution is -0.137. The molecule has 176 valence electrons. The number of primary amides is 1. The average Bonchev–Trinajstić information content (AvgIpc) is 2.70. The van der Waals surface area contributed by atoms with Crippen molar-refractivity contribution in [2.24, 2.45) is 5.73 Å². The van der Waals surface area contributed by atoms with Crippen molar-refractivity contribution in [1.82, 2.24) is 10.6 Å². The SMILES string of the molecule is NC(=O)[C@@H](NC(=O)NCC(F)F)C(=O)Nc1ccc(N2CCOCC2=O)cc1C(F)(F)F. The number of ether oxygens (including phenoxy) is 1. The van der Waals surface area contributed by atoms with Crippen LogP contribution < -0.4 is 26.6 Å².